The fourth-order valence-electron chi connectivity index (χ4n) is 1.83. The highest BCUT2D eigenvalue weighted by atomic mass is 127. The molecule has 0 unspecified atom stereocenters. The van der Waals surface area contributed by atoms with E-state index in [0.717, 1.165) is 38.6 Å². The Morgan fingerprint density at radius 2 is 2.11 bits per heavy atom. The normalized spacial score (nSPS) is 10.7. The Balaban J connectivity index is 2.60. The maximum absolute atomic E-state index is 4.56. The third-order valence-electron chi connectivity index (χ3n) is 2.73. The minimum atomic E-state index is 0.738. The van der Waals surface area contributed by atoms with Crippen molar-refractivity contribution in [3.05, 3.63) is 21.2 Å². The molecule has 0 spiro atoms. The van der Waals surface area contributed by atoms with Crippen LogP contribution in [0.1, 0.15) is 18.3 Å². The highest BCUT2D eigenvalue weighted by molar-refractivity contribution is 14.1. The molecule has 0 amide bonds. The largest absolute Gasteiger partial charge is 0.372 e. The minimum absolute atomic E-state index is 0.738. The lowest BCUT2D eigenvalue weighted by molar-refractivity contribution is 0.746. The number of aryl methyl sites for hydroxylation is 3. The van der Waals surface area contributed by atoms with Gasteiger partial charge < -0.3 is 5.32 Å². The number of anilines is 1. The molecule has 0 atom stereocenters. The topological polar surface area (TPSA) is 55.6 Å². The van der Waals surface area contributed by atoms with Crippen molar-refractivity contribution < 1.29 is 0 Å². The Kier molecular flexibility index (Phi) is 3.84. The first kappa shape index (κ1) is 13.3. The summed E-state index contributed by atoms with van der Waals surface area (Å²) in [6, 6.07) is 0. The van der Waals surface area contributed by atoms with E-state index in [9.17, 15) is 0 Å². The summed E-state index contributed by atoms with van der Waals surface area (Å²) in [6.07, 6.45) is 2.85. The molecule has 2 aromatic heterocycles. The van der Waals surface area contributed by atoms with Crippen LogP contribution < -0.4 is 5.32 Å². The van der Waals surface area contributed by atoms with Crippen LogP contribution in [0.5, 0.6) is 0 Å². The first-order valence-electron chi connectivity index (χ1n) is 5.81. The monoisotopic (exact) mass is 357 g/mol. The summed E-state index contributed by atoms with van der Waals surface area (Å²) in [5.74, 6) is 1.60. The molecule has 0 saturated carbocycles. The van der Waals surface area contributed by atoms with E-state index in [1.165, 1.54) is 0 Å². The Morgan fingerprint density at radius 3 is 2.72 bits per heavy atom. The first-order valence-corrected chi connectivity index (χ1v) is 6.89. The summed E-state index contributed by atoms with van der Waals surface area (Å²) in [5, 5.41) is 7.53. The fourth-order valence-corrected chi connectivity index (χ4v) is 2.34. The summed E-state index contributed by atoms with van der Waals surface area (Å²) >= 11 is 2.26. The molecule has 0 aliphatic heterocycles. The fraction of sp³-hybridized carbons (Fsp3) is 0.417. The molecule has 2 heterocycles. The lowest BCUT2D eigenvalue weighted by Gasteiger charge is -2.08. The lowest BCUT2D eigenvalue weighted by atomic mass is 10.2. The van der Waals surface area contributed by atoms with Crippen molar-refractivity contribution >= 4 is 28.4 Å². The summed E-state index contributed by atoms with van der Waals surface area (Å²) in [4.78, 5) is 9.12. The van der Waals surface area contributed by atoms with E-state index in [1.807, 2.05) is 31.9 Å². The summed E-state index contributed by atoms with van der Waals surface area (Å²) in [7, 11) is 3.79. The highest BCUT2D eigenvalue weighted by Gasteiger charge is 2.14. The zero-order valence-corrected chi connectivity index (χ0v) is 13.1. The number of nitrogens with zero attached hydrogens (tertiary/aromatic N) is 4. The van der Waals surface area contributed by atoms with Crippen LogP contribution in [0.4, 0.5) is 5.82 Å². The van der Waals surface area contributed by atoms with E-state index in [4.69, 9.17) is 0 Å². The molecule has 6 heteroatoms. The smallest absolute Gasteiger partial charge is 0.165 e. The van der Waals surface area contributed by atoms with Crippen LogP contribution in [0.25, 0.3) is 11.4 Å². The molecule has 0 aromatic carbocycles. The summed E-state index contributed by atoms with van der Waals surface area (Å²) < 4.78 is 2.87. The van der Waals surface area contributed by atoms with Gasteiger partial charge in [0.2, 0.25) is 0 Å². The third kappa shape index (κ3) is 2.33. The first-order chi connectivity index (χ1) is 8.56. The molecule has 0 bridgehead atoms. The Labute approximate surface area is 120 Å². The molecule has 0 aliphatic carbocycles. The van der Waals surface area contributed by atoms with Gasteiger partial charge in [0.25, 0.3) is 0 Å². The second-order valence-electron chi connectivity index (χ2n) is 4.06. The van der Waals surface area contributed by atoms with Gasteiger partial charge in [-0.3, -0.25) is 4.68 Å². The molecule has 0 radical (unpaired) electrons. The molecule has 2 rings (SSSR count). The van der Waals surface area contributed by atoms with Gasteiger partial charge in [-0.2, -0.15) is 5.10 Å². The van der Waals surface area contributed by atoms with E-state index < -0.39 is 0 Å². The lowest BCUT2D eigenvalue weighted by Crippen LogP contribution is -2.03. The average Bonchev–Trinajstić information content (AvgIpc) is 2.73. The average molecular weight is 357 g/mol. The zero-order chi connectivity index (χ0) is 13.3. The third-order valence-corrected chi connectivity index (χ3v) is 4.03. The number of hydrogen-bond acceptors (Lipinski definition) is 4. The molecular weight excluding hydrogens is 341 g/mol. The molecule has 5 nitrogen and oxygen atoms in total. The summed E-state index contributed by atoms with van der Waals surface area (Å²) in [5.41, 5.74) is 3.02. The van der Waals surface area contributed by atoms with E-state index >= 15 is 0 Å². The van der Waals surface area contributed by atoms with Crippen molar-refractivity contribution in [3.8, 4) is 11.4 Å². The Bertz CT molecular complexity index is 576. The van der Waals surface area contributed by atoms with Crippen molar-refractivity contribution in [1.82, 2.24) is 19.7 Å². The van der Waals surface area contributed by atoms with Gasteiger partial charge in [-0.15, -0.1) is 0 Å². The minimum Gasteiger partial charge on any atom is -0.372 e. The molecule has 18 heavy (non-hydrogen) atoms. The number of nitrogens with one attached hydrogen (secondary N) is 1. The van der Waals surface area contributed by atoms with Gasteiger partial charge in [0, 0.05) is 20.3 Å². The Hall–Kier alpha value is -1.18. The van der Waals surface area contributed by atoms with E-state index in [1.54, 1.807) is 0 Å². The van der Waals surface area contributed by atoms with Crippen LogP contribution in [0.2, 0.25) is 0 Å². The number of rotatable bonds is 3. The Morgan fingerprint density at radius 1 is 1.39 bits per heavy atom. The van der Waals surface area contributed by atoms with Gasteiger partial charge in [-0.05, 0) is 35.9 Å². The predicted molar refractivity (Wildman–Crippen MR) is 80.6 cm³/mol. The molecule has 0 fully saturated rings. The van der Waals surface area contributed by atoms with Crippen molar-refractivity contribution in [2.45, 2.75) is 20.3 Å². The number of halogens is 1. The van der Waals surface area contributed by atoms with Crippen LogP contribution in [-0.4, -0.2) is 26.8 Å². The number of aromatic nitrogens is 4. The van der Waals surface area contributed by atoms with Crippen LogP contribution in [-0.2, 0) is 13.5 Å². The van der Waals surface area contributed by atoms with Gasteiger partial charge in [0.05, 0.1) is 20.5 Å². The summed E-state index contributed by atoms with van der Waals surface area (Å²) in [6.45, 7) is 4.08. The highest BCUT2D eigenvalue weighted by Crippen LogP contribution is 2.25. The van der Waals surface area contributed by atoms with Gasteiger partial charge in [0.15, 0.2) is 5.82 Å². The van der Waals surface area contributed by atoms with Gasteiger partial charge >= 0.3 is 0 Å². The SMILES string of the molecule is CCc1nn(C)cc1-c1nc(C)c(I)c(NC)n1. The van der Waals surface area contributed by atoms with Crippen LogP contribution >= 0.6 is 22.6 Å². The van der Waals surface area contributed by atoms with Crippen molar-refractivity contribution in [1.29, 1.82) is 0 Å². The van der Waals surface area contributed by atoms with Crippen LogP contribution in [0.15, 0.2) is 6.20 Å². The molecule has 0 saturated heterocycles. The maximum Gasteiger partial charge on any atom is 0.165 e. The molecule has 96 valence electrons. The van der Waals surface area contributed by atoms with Gasteiger partial charge in [-0.25, -0.2) is 9.97 Å². The standard InChI is InChI=1S/C12H16IN5/c1-5-9-8(6-18(4)17-9)11-15-7(2)10(13)12(14-3)16-11/h6H,5H2,1-4H3,(H,14,15,16). The van der Waals surface area contributed by atoms with Crippen LogP contribution in [0.3, 0.4) is 0 Å². The van der Waals surface area contributed by atoms with Crippen molar-refractivity contribution in [2.75, 3.05) is 12.4 Å². The molecular formula is C12H16IN5. The molecule has 2 aromatic rings. The second kappa shape index (κ2) is 5.21. The number of hydrogen-bond donors (Lipinski definition) is 1. The van der Waals surface area contributed by atoms with E-state index in [-0.39, 0.29) is 0 Å². The van der Waals surface area contributed by atoms with Crippen LogP contribution in [0, 0.1) is 10.5 Å². The van der Waals surface area contributed by atoms with Crippen molar-refractivity contribution in [3.63, 3.8) is 0 Å². The van der Waals surface area contributed by atoms with Gasteiger partial charge in [0.1, 0.15) is 5.82 Å². The molecule has 0 aliphatic rings. The molecule has 1 N–H and O–H groups in total. The quantitative estimate of drug-likeness (QED) is 0.858. The van der Waals surface area contributed by atoms with Gasteiger partial charge in [-0.1, -0.05) is 6.92 Å². The maximum atomic E-state index is 4.56. The van der Waals surface area contributed by atoms with Crippen molar-refractivity contribution in [2.24, 2.45) is 7.05 Å². The second-order valence-corrected chi connectivity index (χ2v) is 5.14. The van der Waals surface area contributed by atoms with E-state index in [0.29, 0.717) is 0 Å². The predicted octanol–water partition coefficient (Wildman–Crippen LogP) is 2.39. The zero-order valence-electron chi connectivity index (χ0n) is 11.0. The van der Waals surface area contributed by atoms with E-state index in [2.05, 4.69) is 49.9 Å².